The minimum absolute atomic E-state index is 0.315. The summed E-state index contributed by atoms with van der Waals surface area (Å²) in [5.74, 6) is 0.892. The molecule has 1 N–H and O–H groups in total. The monoisotopic (exact) mass is 402 g/mol. The highest BCUT2D eigenvalue weighted by molar-refractivity contribution is 6.33. The first-order valence-corrected chi connectivity index (χ1v) is 10.9. The van der Waals surface area contributed by atoms with Gasteiger partial charge in [0.2, 0.25) is 0 Å². The van der Waals surface area contributed by atoms with E-state index >= 15 is 0 Å². The van der Waals surface area contributed by atoms with Crippen LogP contribution in [0.15, 0.2) is 42.5 Å². The lowest BCUT2D eigenvalue weighted by Crippen LogP contribution is -2.46. The first kappa shape index (κ1) is 19.1. The number of piperidine rings is 1. The summed E-state index contributed by atoms with van der Waals surface area (Å²) in [5.41, 5.74) is 3.65. The second-order valence-electron chi connectivity index (χ2n) is 8.14. The smallest absolute Gasteiger partial charge is 0.0642 e. The van der Waals surface area contributed by atoms with Crippen molar-refractivity contribution in [3.63, 3.8) is 0 Å². The fourth-order valence-electron chi connectivity index (χ4n) is 4.32. The summed E-state index contributed by atoms with van der Waals surface area (Å²) in [6.07, 6.45) is 6.44. The van der Waals surface area contributed by atoms with Crippen LogP contribution >= 0.6 is 23.2 Å². The van der Waals surface area contributed by atoms with E-state index in [2.05, 4.69) is 47.5 Å². The van der Waals surface area contributed by atoms with E-state index in [1.807, 2.05) is 12.1 Å². The first-order chi connectivity index (χ1) is 13.1. The molecule has 2 aromatic carbocycles. The summed E-state index contributed by atoms with van der Waals surface area (Å²) in [6, 6.07) is 15.6. The summed E-state index contributed by atoms with van der Waals surface area (Å²) in [6.45, 7) is 4.27. The second-order valence-corrected chi connectivity index (χ2v) is 8.99. The Kier molecular flexibility index (Phi) is 5.96. The van der Waals surface area contributed by atoms with Gasteiger partial charge in [-0.05, 0) is 80.5 Å². The number of benzene rings is 2. The zero-order chi connectivity index (χ0) is 18.8. The number of nitrogens with one attached hydrogen (secondary N) is 1. The summed E-state index contributed by atoms with van der Waals surface area (Å²) >= 11 is 12.8. The minimum Gasteiger partial charge on any atom is -0.363 e. The maximum atomic E-state index is 6.63. The third kappa shape index (κ3) is 4.45. The van der Waals surface area contributed by atoms with Gasteiger partial charge in [0.15, 0.2) is 0 Å². The maximum Gasteiger partial charge on any atom is 0.0642 e. The van der Waals surface area contributed by atoms with Gasteiger partial charge in [-0.3, -0.25) is 0 Å². The van der Waals surface area contributed by atoms with Gasteiger partial charge in [0, 0.05) is 17.6 Å². The lowest BCUT2D eigenvalue weighted by Gasteiger charge is -2.42. The predicted octanol–water partition coefficient (Wildman–Crippen LogP) is 6.40. The number of anilines is 1. The molecular weight excluding hydrogens is 375 g/mol. The van der Waals surface area contributed by atoms with Gasteiger partial charge < -0.3 is 10.2 Å². The van der Waals surface area contributed by atoms with Crippen LogP contribution in [-0.2, 0) is 0 Å². The summed E-state index contributed by atoms with van der Waals surface area (Å²) in [4.78, 5) is 2.48. The van der Waals surface area contributed by atoms with Crippen LogP contribution in [-0.4, -0.2) is 19.1 Å². The van der Waals surface area contributed by atoms with Gasteiger partial charge in [0.05, 0.1) is 16.8 Å². The summed E-state index contributed by atoms with van der Waals surface area (Å²) in [7, 11) is 0. The molecule has 2 nitrogen and oxygen atoms in total. The molecule has 2 unspecified atom stereocenters. The van der Waals surface area contributed by atoms with Crippen molar-refractivity contribution in [1.29, 1.82) is 0 Å². The minimum atomic E-state index is 0.315. The van der Waals surface area contributed by atoms with Crippen molar-refractivity contribution >= 4 is 28.9 Å². The molecule has 1 aliphatic carbocycles. The molecule has 144 valence electrons. The maximum absolute atomic E-state index is 6.63. The Morgan fingerprint density at radius 1 is 1.04 bits per heavy atom. The topological polar surface area (TPSA) is 15.3 Å². The Morgan fingerprint density at radius 3 is 2.48 bits per heavy atom. The largest absolute Gasteiger partial charge is 0.363 e. The highest BCUT2D eigenvalue weighted by atomic mass is 35.5. The quantitative estimate of drug-likeness (QED) is 0.621. The SMILES string of the molecule is Cc1ccc(N2CCC(NCC3CCC3)CC2c2ccc(Cl)cc2)c(Cl)c1. The van der Waals surface area contributed by atoms with E-state index in [0.717, 1.165) is 41.0 Å². The summed E-state index contributed by atoms with van der Waals surface area (Å²) in [5, 5.41) is 5.47. The molecule has 1 saturated heterocycles. The molecule has 2 aromatic rings. The molecule has 0 amide bonds. The van der Waals surface area contributed by atoms with Crippen LogP contribution in [0.1, 0.15) is 49.3 Å². The van der Waals surface area contributed by atoms with E-state index in [4.69, 9.17) is 23.2 Å². The van der Waals surface area contributed by atoms with Crippen LogP contribution in [0.5, 0.6) is 0 Å². The fraction of sp³-hybridized carbons (Fsp3) is 0.478. The molecule has 2 atom stereocenters. The molecule has 2 fully saturated rings. The van der Waals surface area contributed by atoms with Crippen molar-refractivity contribution in [2.24, 2.45) is 5.92 Å². The average molecular weight is 403 g/mol. The number of halogens is 2. The molecular formula is C23H28Cl2N2. The normalized spacial score (nSPS) is 23.3. The number of nitrogens with zero attached hydrogens (tertiary/aromatic N) is 1. The number of hydrogen-bond donors (Lipinski definition) is 1. The van der Waals surface area contributed by atoms with Crippen molar-refractivity contribution < 1.29 is 0 Å². The molecule has 1 aliphatic heterocycles. The number of aryl methyl sites for hydroxylation is 1. The Hall–Kier alpha value is -1.22. The van der Waals surface area contributed by atoms with E-state index in [9.17, 15) is 0 Å². The Labute approximate surface area is 172 Å². The fourth-order valence-corrected chi connectivity index (χ4v) is 4.78. The number of rotatable bonds is 5. The van der Waals surface area contributed by atoms with Crippen molar-refractivity contribution in [2.45, 2.75) is 51.1 Å². The number of hydrogen-bond acceptors (Lipinski definition) is 2. The third-order valence-electron chi connectivity index (χ3n) is 6.19. The van der Waals surface area contributed by atoms with Crippen LogP contribution in [0.25, 0.3) is 0 Å². The zero-order valence-electron chi connectivity index (χ0n) is 15.9. The first-order valence-electron chi connectivity index (χ1n) is 10.1. The van der Waals surface area contributed by atoms with E-state index in [1.165, 1.54) is 36.9 Å². The standard InChI is InChI=1S/C23H28Cl2N2/c1-16-5-10-22(21(25)13-16)27-12-11-20(26-15-17-3-2-4-17)14-23(27)18-6-8-19(24)9-7-18/h5-10,13,17,20,23,26H,2-4,11-12,14-15H2,1H3. The second kappa shape index (κ2) is 8.43. The molecule has 1 heterocycles. The molecule has 4 rings (SSSR count). The third-order valence-corrected chi connectivity index (χ3v) is 6.74. The molecule has 2 aliphatic rings. The Bertz CT molecular complexity index is 770. The molecule has 0 radical (unpaired) electrons. The van der Waals surface area contributed by atoms with Crippen LogP contribution in [0.2, 0.25) is 10.0 Å². The van der Waals surface area contributed by atoms with E-state index in [1.54, 1.807) is 0 Å². The molecule has 27 heavy (non-hydrogen) atoms. The lowest BCUT2D eigenvalue weighted by molar-refractivity contribution is 0.268. The molecule has 1 saturated carbocycles. The van der Waals surface area contributed by atoms with Gasteiger partial charge in [-0.15, -0.1) is 0 Å². The van der Waals surface area contributed by atoms with E-state index < -0.39 is 0 Å². The van der Waals surface area contributed by atoms with Crippen LogP contribution in [0, 0.1) is 12.8 Å². The van der Waals surface area contributed by atoms with Crippen molar-refractivity contribution in [1.82, 2.24) is 5.32 Å². The Balaban J connectivity index is 1.56. The van der Waals surface area contributed by atoms with Crippen molar-refractivity contribution in [2.75, 3.05) is 18.0 Å². The van der Waals surface area contributed by atoms with Crippen LogP contribution < -0.4 is 10.2 Å². The van der Waals surface area contributed by atoms with Gasteiger partial charge in [0.1, 0.15) is 0 Å². The van der Waals surface area contributed by atoms with Crippen molar-refractivity contribution in [3.8, 4) is 0 Å². The molecule has 4 heteroatoms. The predicted molar refractivity (Wildman–Crippen MR) is 116 cm³/mol. The zero-order valence-corrected chi connectivity index (χ0v) is 17.4. The highest BCUT2D eigenvalue weighted by Crippen LogP contribution is 2.39. The van der Waals surface area contributed by atoms with Crippen LogP contribution in [0.3, 0.4) is 0 Å². The average Bonchev–Trinajstić information content (AvgIpc) is 2.61. The van der Waals surface area contributed by atoms with E-state index in [-0.39, 0.29) is 0 Å². The highest BCUT2D eigenvalue weighted by Gasteiger charge is 2.31. The van der Waals surface area contributed by atoms with Gasteiger partial charge in [-0.25, -0.2) is 0 Å². The van der Waals surface area contributed by atoms with Crippen LogP contribution in [0.4, 0.5) is 5.69 Å². The lowest BCUT2D eigenvalue weighted by atomic mass is 9.84. The van der Waals surface area contributed by atoms with Gasteiger partial charge in [-0.1, -0.05) is 47.8 Å². The van der Waals surface area contributed by atoms with Gasteiger partial charge in [-0.2, -0.15) is 0 Å². The van der Waals surface area contributed by atoms with Crippen molar-refractivity contribution in [3.05, 3.63) is 63.6 Å². The summed E-state index contributed by atoms with van der Waals surface area (Å²) < 4.78 is 0. The van der Waals surface area contributed by atoms with E-state index in [0.29, 0.717) is 12.1 Å². The Morgan fingerprint density at radius 2 is 1.81 bits per heavy atom. The van der Waals surface area contributed by atoms with Gasteiger partial charge in [0.25, 0.3) is 0 Å². The molecule has 0 aromatic heterocycles. The molecule has 0 bridgehead atoms. The molecule has 0 spiro atoms. The van der Waals surface area contributed by atoms with Gasteiger partial charge >= 0.3 is 0 Å².